The second-order valence-electron chi connectivity index (χ2n) is 6.57. The molecule has 1 N–H and O–H groups in total. The third-order valence-corrected chi connectivity index (χ3v) is 6.15. The van der Waals surface area contributed by atoms with Crippen LogP contribution >= 0.6 is 0 Å². The van der Waals surface area contributed by atoms with E-state index in [-0.39, 0.29) is 5.54 Å². The van der Waals surface area contributed by atoms with Gasteiger partial charge in [0.1, 0.15) is 0 Å². The lowest BCUT2D eigenvalue weighted by molar-refractivity contribution is 0.0821. The molecule has 2 rings (SSSR count). The number of nitrogens with one attached hydrogen (secondary N) is 1. The molecule has 0 amide bonds. The average Bonchev–Trinajstić information content (AvgIpc) is 2.54. The molecule has 2 aliphatic rings. The number of hydrogen-bond donors (Lipinski definition) is 1. The van der Waals surface area contributed by atoms with E-state index in [2.05, 4.69) is 31.0 Å². The molecular weight excluding hydrogens is 248 g/mol. The van der Waals surface area contributed by atoms with Gasteiger partial charge in [-0.15, -0.1) is 0 Å². The summed E-state index contributed by atoms with van der Waals surface area (Å²) in [4.78, 5) is 2.40. The van der Waals surface area contributed by atoms with E-state index in [4.69, 9.17) is 0 Å². The maximum Gasteiger partial charge on any atom is 0.152 e. The van der Waals surface area contributed by atoms with Crippen LogP contribution in [0.5, 0.6) is 0 Å². The quantitative estimate of drug-likeness (QED) is 0.830. The van der Waals surface area contributed by atoms with Crippen LogP contribution in [0.4, 0.5) is 0 Å². The molecule has 2 heterocycles. The standard InChI is InChI=1S/C13H26N2O2S/c1-11(2)8-12-9-15(6-5-14-12)13(3)4-7-18(16,17)10-13/h11-12,14H,4-10H2,1-3H3. The Morgan fingerprint density at radius 3 is 2.72 bits per heavy atom. The Balaban J connectivity index is 2.01. The zero-order chi connectivity index (χ0) is 13.4. The van der Waals surface area contributed by atoms with Gasteiger partial charge in [0.15, 0.2) is 9.84 Å². The van der Waals surface area contributed by atoms with E-state index in [1.54, 1.807) is 0 Å². The van der Waals surface area contributed by atoms with Crippen LogP contribution < -0.4 is 5.32 Å². The maximum atomic E-state index is 11.7. The number of nitrogens with zero attached hydrogens (tertiary/aromatic N) is 1. The minimum absolute atomic E-state index is 0.129. The summed E-state index contributed by atoms with van der Waals surface area (Å²) in [5, 5.41) is 3.55. The Kier molecular flexibility index (Phi) is 4.04. The predicted molar refractivity (Wildman–Crippen MR) is 74.5 cm³/mol. The van der Waals surface area contributed by atoms with Crippen molar-refractivity contribution < 1.29 is 8.42 Å². The molecule has 2 saturated heterocycles. The number of hydrogen-bond acceptors (Lipinski definition) is 4. The fraction of sp³-hybridized carbons (Fsp3) is 1.00. The van der Waals surface area contributed by atoms with E-state index < -0.39 is 9.84 Å². The van der Waals surface area contributed by atoms with E-state index in [1.165, 1.54) is 6.42 Å². The van der Waals surface area contributed by atoms with Crippen molar-refractivity contribution in [1.29, 1.82) is 0 Å². The molecule has 0 aromatic carbocycles. The fourth-order valence-electron chi connectivity index (χ4n) is 3.29. The first-order valence-electron chi connectivity index (χ1n) is 7.00. The summed E-state index contributed by atoms with van der Waals surface area (Å²) >= 11 is 0. The van der Waals surface area contributed by atoms with Gasteiger partial charge in [0.2, 0.25) is 0 Å². The van der Waals surface area contributed by atoms with Gasteiger partial charge in [-0.25, -0.2) is 8.42 Å². The summed E-state index contributed by atoms with van der Waals surface area (Å²) in [5.74, 6) is 1.39. The molecule has 0 spiro atoms. The van der Waals surface area contributed by atoms with Gasteiger partial charge in [-0.05, 0) is 25.7 Å². The third-order valence-electron chi connectivity index (χ3n) is 4.26. The molecule has 0 radical (unpaired) electrons. The first-order chi connectivity index (χ1) is 8.31. The van der Waals surface area contributed by atoms with Crippen LogP contribution in [0.2, 0.25) is 0 Å². The van der Waals surface area contributed by atoms with Crippen molar-refractivity contribution in [1.82, 2.24) is 10.2 Å². The minimum atomic E-state index is -2.81. The Bertz CT molecular complexity index is 394. The summed E-state index contributed by atoms with van der Waals surface area (Å²) in [5.41, 5.74) is -0.129. The molecule has 2 aliphatic heterocycles. The minimum Gasteiger partial charge on any atom is -0.311 e. The van der Waals surface area contributed by atoms with E-state index >= 15 is 0 Å². The molecule has 4 nitrogen and oxygen atoms in total. The molecule has 18 heavy (non-hydrogen) atoms. The molecule has 106 valence electrons. The number of sulfone groups is 1. The monoisotopic (exact) mass is 274 g/mol. The van der Waals surface area contributed by atoms with Crippen molar-refractivity contribution in [3.8, 4) is 0 Å². The van der Waals surface area contributed by atoms with Gasteiger partial charge in [0.25, 0.3) is 0 Å². The Morgan fingerprint density at radius 1 is 1.44 bits per heavy atom. The fourth-order valence-corrected chi connectivity index (χ4v) is 5.46. The summed E-state index contributed by atoms with van der Waals surface area (Å²) in [7, 11) is -2.81. The van der Waals surface area contributed by atoms with Crippen LogP contribution in [0, 0.1) is 5.92 Å². The molecule has 0 aromatic heterocycles. The number of piperazine rings is 1. The van der Waals surface area contributed by atoms with Crippen molar-refractivity contribution in [2.75, 3.05) is 31.1 Å². The lowest BCUT2D eigenvalue weighted by Crippen LogP contribution is -2.59. The van der Waals surface area contributed by atoms with Crippen LogP contribution in [-0.4, -0.2) is 56.0 Å². The first kappa shape index (κ1) is 14.3. The maximum absolute atomic E-state index is 11.7. The highest BCUT2D eigenvalue weighted by molar-refractivity contribution is 7.91. The van der Waals surface area contributed by atoms with Crippen LogP contribution in [-0.2, 0) is 9.84 Å². The van der Waals surface area contributed by atoms with E-state index in [0.29, 0.717) is 23.5 Å². The molecule has 0 aliphatic carbocycles. The zero-order valence-electron chi connectivity index (χ0n) is 11.8. The van der Waals surface area contributed by atoms with Gasteiger partial charge in [0, 0.05) is 31.2 Å². The van der Waals surface area contributed by atoms with Crippen LogP contribution in [0.15, 0.2) is 0 Å². The predicted octanol–water partition coefficient (Wildman–Crippen LogP) is 0.884. The summed E-state index contributed by atoms with van der Waals surface area (Å²) < 4.78 is 23.4. The molecule has 2 atom stereocenters. The highest BCUT2D eigenvalue weighted by Gasteiger charge is 2.43. The Labute approximate surface area is 111 Å². The van der Waals surface area contributed by atoms with E-state index in [9.17, 15) is 8.42 Å². The van der Waals surface area contributed by atoms with Gasteiger partial charge < -0.3 is 5.32 Å². The van der Waals surface area contributed by atoms with Crippen molar-refractivity contribution in [2.24, 2.45) is 5.92 Å². The topological polar surface area (TPSA) is 49.4 Å². The average molecular weight is 274 g/mol. The molecule has 2 unspecified atom stereocenters. The molecule has 0 bridgehead atoms. The second-order valence-corrected chi connectivity index (χ2v) is 8.75. The SMILES string of the molecule is CC(C)CC1CN(C2(C)CCS(=O)(=O)C2)CCN1. The Hall–Kier alpha value is -0.130. The first-order valence-corrected chi connectivity index (χ1v) is 8.82. The van der Waals surface area contributed by atoms with Crippen LogP contribution in [0.3, 0.4) is 0 Å². The van der Waals surface area contributed by atoms with E-state index in [0.717, 1.165) is 26.1 Å². The van der Waals surface area contributed by atoms with E-state index in [1.807, 2.05) is 0 Å². The largest absolute Gasteiger partial charge is 0.311 e. The smallest absolute Gasteiger partial charge is 0.152 e. The van der Waals surface area contributed by atoms with Gasteiger partial charge in [-0.1, -0.05) is 13.8 Å². The van der Waals surface area contributed by atoms with Crippen molar-refractivity contribution in [3.05, 3.63) is 0 Å². The van der Waals surface area contributed by atoms with Gasteiger partial charge in [-0.3, -0.25) is 4.90 Å². The molecule has 2 fully saturated rings. The Morgan fingerprint density at radius 2 is 2.17 bits per heavy atom. The third kappa shape index (κ3) is 3.25. The second kappa shape index (κ2) is 5.10. The lowest BCUT2D eigenvalue weighted by Gasteiger charge is -2.43. The number of rotatable bonds is 3. The van der Waals surface area contributed by atoms with Gasteiger partial charge >= 0.3 is 0 Å². The van der Waals surface area contributed by atoms with Crippen molar-refractivity contribution >= 4 is 9.84 Å². The molecular formula is C13H26N2O2S. The van der Waals surface area contributed by atoms with Gasteiger partial charge in [0.05, 0.1) is 11.5 Å². The molecule has 0 aromatic rings. The highest BCUT2D eigenvalue weighted by Crippen LogP contribution is 2.30. The normalized spacial score (nSPS) is 37.2. The van der Waals surface area contributed by atoms with Crippen LogP contribution in [0.25, 0.3) is 0 Å². The molecule has 5 heteroatoms. The summed E-state index contributed by atoms with van der Waals surface area (Å²) in [6.07, 6.45) is 1.96. The summed E-state index contributed by atoms with van der Waals surface area (Å²) in [6.45, 7) is 9.54. The van der Waals surface area contributed by atoms with Gasteiger partial charge in [-0.2, -0.15) is 0 Å². The summed E-state index contributed by atoms with van der Waals surface area (Å²) in [6, 6.07) is 0.513. The van der Waals surface area contributed by atoms with Crippen LogP contribution in [0.1, 0.15) is 33.6 Å². The molecule has 0 saturated carbocycles. The highest BCUT2D eigenvalue weighted by atomic mass is 32.2. The van der Waals surface area contributed by atoms with Crippen molar-refractivity contribution in [3.63, 3.8) is 0 Å². The lowest BCUT2D eigenvalue weighted by atomic mass is 9.95. The van der Waals surface area contributed by atoms with Crippen molar-refractivity contribution in [2.45, 2.75) is 45.2 Å². The zero-order valence-corrected chi connectivity index (χ0v) is 12.6.